The number of hydrogen-bond acceptors (Lipinski definition) is 2. The monoisotopic (exact) mass is 151 g/mol. The normalized spacial score (nSPS) is 10.6. The van der Waals surface area contributed by atoms with E-state index in [1.807, 2.05) is 13.8 Å². The second-order valence-electron chi connectivity index (χ2n) is 2.54. The van der Waals surface area contributed by atoms with E-state index in [1.54, 1.807) is 6.08 Å². The molecule has 2 heteroatoms. The predicted octanol–water partition coefficient (Wildman–Crippen LogP) is 2.13. The maximum atomic E-state index is 10.9. The molecule has 0 unspecified atom stereocenters. The van der Waals surface area contributed by atoms with E-state index < -0.39 is 0 Å². The van der Waals surface area contributed by atoms with Gasteiger partial charge in [-0.1, -0.05) is 11.6 Å². The molecule has 0 radical (unpaired) electrons. The first-order valence-corrected chi connectivity index (χ1v) is 3.39. The lowest BCUT2D eigenvalue weighted by molar-refractivity contribution is -0.113. The highest BCUT2D eigenvalue weighted by Gasteiger charge is 1.97. The first kappa shape index (κ1) is 9.82. The van der Waals surface area contributed by atoms with Crippen LogP contribution >= 0.6 is 0 Å². The summed E-state index contributed by atoms with van der Waals surface area (Å²) in [6.45, 7) is 8.65. The van der Waals surface area contributed by atoms with Crippen LogP contribution in [-0.4, -0.2) is 12.5 Å². The highest BCUT2D eigenvalue weighted by Crippen LogP contribution is 2.02. The molecule has 0 heterocycles. The van der Waals surface area contributed by atoms with Crippen LogP contribution in [-0.2, 0) is 4.79 Å². The van der Waals surface area contributed by atoms with Crippen LogP contribution in [0.15, 0.2) is 28.4 Å². The number of carbonyl (C=O) groups is 1. The van der Waals surface area contributed by atoms with Crippen LogP contribution in [0.4, 0.5) is 0 Å². The molecular weight excluding hydrogens is 138 g/mol. The average Bonchev–Trinajstić information content (AvgIpc) is 1.86. The largest absolute Gasteiger partial charge is 0.294 e. The Bertz CT molecular complexity index is 220. The Morgan fingerprint density at radius 1 is 1.36 bits per heavy atom. The zero-order valence-electron chi connectivity index (χ0n) is 7.22. The van der Waals surface area contributed by atoms with E-state index in [0.29, 0.717) is 5.57 Å². The molecule has 0 spiro atoms. The molecule has 11 heavy (non-hydrogen) atoms. The topological polar surface area (TPSA) is 29.4 Å². The number of aliphatic imine (C=N–C) groups is 1. The smallest absolute Gasteiger partial charge is 0.161 e. The summed E-state index contributed by atoms with van der Waals surface area (Å²) >= 11 is 0. The summed E-state index contributed by atoms with van der Waals surface area (Å²) in [5, 5.41) is 0. The fraction of sp³-hybridized carbons (Fsp3) is 0.333. The third-order valence-electron chi connectivity index (χ3n) is 1.08. The van der Waals surface area contributed by atoms with Crippen LogP contribution in [0.5, 0.6) is 0 Å². The number of ketones is 1. The van der Waals surface area contributed by atoms with E-state index in [4.69, 9.17) is 0 Å². The molecule has 0 amide bonds. The van der Waals surface area contributed by atoms with E-state index in [2.05, 4.69) is 11.7 Å². The third kappa shape index (κ3) is 4.25. The van der Waals surface area contributed by atoms with Crippen LogP contribution in [0.1, 0.15) is 20.8 Å². The molecule has 60 valence electrons. The summed E-state index contributed by atoms with van der Waals surface area (Å²) in [5.74, 6) is 0.0126. The fourth-order valence-electron chi connectivity index (χ4n) is 0.639. The summed E-state index contributed by atoms with van der Waals surface area (Å²) in [6, 6.07) is 0. The van der Waals surface area contributed by atoms with Crippen molar-refractivity contribution in [1.82, 2.24) is 0 Å². The Hall–Kier alpha value is -1.18. The lowest BCUT2D eigenvalue weighted by atomic mass is 10.1. The lowest BCUT2D eigenvalue weighted by Gasteiger charge is -1.94. The van der Waals surface area contributed by atoms with E-state index in [-0.39, 0.29) is 5.78 Å². The summed E-state index contributed by atoms with van der Waals surface area (Å²) in [5.41, 5.74) is 1.68. The number of nitrogens with zero attached hydrogens (tertiary/aromatic N) is 1. The van der Waals surface area contributed by atoms with Crippen molar-refractivity contribution < 1.29 is 4.79 Å². The van der Waals surface area contributed by atoms with Crippen LogP contribution in [0, 0.1) is 0 Å². The van der Waals surface area contributed by atoms with Gasteiger partial charge in [0.1, 0.15) is 0 Å². The van der Waals surface area contributed by atoms with Crippen LogP contribution < -0.4 is 0 Å². The molecular formula is C9H13NO. The third-order valence-corrected chi connectivity index (χ3v) is 1.08. The maximum absolute atomic E-state index is 10.9. The van der Waals surface area contributed by atoms with Crippen molar-refractivity contribution in [3.63, 3.8) is 0 Å². The second kappa shape index (κ2) is 4.61. The van der Waals surface area contributed by atoms with Crippen molar-refractivity contribution in [1.29, 1.82) is 0 Å². The van der Waals surface area contributed by atoms with E-state index in [1.165, 1.54) is 13.1 Å². The highest BCUT2D eigenvalue weighted by atomic mass is 16.1. The predicted molar refractivity (Wildman–Crippen MR) is 47.7 cm³/mol. The summed E-state index contributed by atoms with van der Waals surface area (Å²) in [7, 11) is 0. The quantitative estimate of drug-likeness (QED) is 0.345. The number of Topliss-reactive ketones (excluding diaryl/α,β-unsaturated/α-hetero) is 1. The van der Waals surface area contributed by atoms with Crippen molar-refractivity contribution in [2.24, 2.45) is 4.99 Å². The van der Waals surface area contributed by atoms with Gasteiger partial charge in [-0.3, -0.25) is 9.79 Å². The van der Waals surface area contributed by atoms with Crippen molar-refractivity contribution >= 4 is 12.5 Å². The van der Waals surface area contributed by atoms with Gasteiger partial charge in [-0.25, -0.2) is 0 Å². The molecule has 0 aromatic heterocycles. The average molecular weight is 151 g/mol. The molecule has 0 rings (SSSR count). The second-order valence-corrected chi connectivity index (χ2v) is 2.54. The molecule has 0 aromatic rings. The van der Waals surface area contributed by atoms with Gasteiger partial charge in [0.2, 0.25) is 0 Å². The minimum atomic E-state index is 0.0126. The van der Waals surface area contributed by atoms with Gasteiger partial charge in [0.25, 0.3) is 0 Å². The van der Waals surface area contributed by atoms with Gasteiger partial charge in [0, 0.05) is 11.8 Å². The summed E-state index contributed by atoms with van der Waals surface area (Å²) in [4.78, 5) is 14.4. The molecule has 0 aliphatic heterocycles. The molecule has 0 bridgehead atoms. The summed E-state index contributed by atoms with van der Waals surface area (Å²) < 4.78 is 0. The molecule has 0 saturated heterocycles. The van der Waals surface area contributed by atoms with Crippen molar-refractivity contribution in [2.45, 2.75) is 20.8 Å². The van der Waals surface area contributed by atoms with E-state index in [9.17, 15) is 4.79 Å². The van der Waals surface area contributed by atoms with Gasteiger partial charge in [0.15, 0.2) is 5.78 Å². The Kier molecular flexibility index (Phi) is 4.11. The number of hydrogen-bond donors (Lipinski definition) is 0. The minimum absolute atomic E-state index is 0.0126. The molecule has 0 aliphatic rings. The SMILES string of the molecule is C=N/C=C(\C=C(C)C)C(C)=O. The molecule has 0 N–H and O–H groups in total. The number of rotatable bonds is 3. The van der Waals surface area contributed by atoms with Crippen molar-refractivity contribution in [3.05, 3.63) is 23.4 Å². The Balaban J connectivity index is 4.63. The molecule has 0 aromatic carbocycles. The van der Waals surface area contributed by atoms with Crippen molar-refractivity contribution in [3.8, 4) is 0 Å². The van der Waals surface area contributed by atoms with Crippen LogP contribution in [0.2, 0.25) is 0 Å². The Morgan fingerprint density at radius 3 is 2.18 bits per heavy atom. The molecule has 0 atom stereocenters. The van der Waals surface area contributed by atoms with Gasteiger partial charge in [-0.15, -0.1) is 0 Å². The van der Waals surface area contributed by atoms with Crippen LogP contribution in [0.3, 0.4) is 0 Å². The maximum Gasteiger partial charge on any atom is 0.161 e. The molecule has 0 aliphatic carbocycles. The Morgan fingerprint density at radius 2 is 1.91 bits per heavy atom. The van der Waals surface area contributed by atoms with Gasteiger partial charge in [0.05, 0.1) is 0 Å². The van der Waals surface area contributed by atoms with Crippen molar-refractivity contribution in [2.75, 3.05) is 0 Å². The molecule has 0 fully saturated rings. The standard InChI is InChI=1S/C9H13NO/c1-7(2)5-9(6-10-4)8(3)11/h5-6H,4H2,1-3H3/b9-6+. The zero-order chi connectivity index (χ0) is 8.85. The van der Waals surface area contributed by atoms with E-state index in [0.717, 1.165) is 5.57 Å². The number of allylic oxidation sites excluding steroid dienone is 3. The highest BCUT2D eigenvalue weighted by molar-refractivity contribution is 5.96. The number of carbonyl (C=O) groups excluding carboxylic acids is 1. The van der Waals surface area contributed by atoms with Gasteiger partial charge in [-0.05, 0) is 27.5 Å². The summed E-state index contributed by atoms with van der Waals surface area (Å²) in [6.07, 6.45) is 3.26. The zero-order valence-corrected chi connectivity index (χ0v) is 7.22. The van der Waals surface area contributed by atoms with Crippen LogP contribution in [0.25, 0.3) is 0 Å². The lowest BCUT2D eigenvalue weighted by Crippen LogP contribution is -1.92. The first-order chi connectivity index (χ1) is 5.07. The minimum Gasteiger partial charge on any atom is -0.294 e. The first-order valence-electron chi connectivity index (χ1n) is 3.39. The van der Waals surface area contributed by atoms with Gasteiger partial charge in [-0.2, -0.15) is 0 Å². The molecule has 0 saturated carbocycles. The van der Waals surface area contributed by atoms with Gasteiger partial charge < -0.3 is 0 Å². The van der Waals surface area contributed by atoms with Gasteiger partial charge >= 0.3 is 0 Å². The van der Waals surface area contributed by atoms with E-state index >= 15 is 0 Å². The fourth-order valence-corrected chi connectivity index (χ4v) is 0.639. The molecule has 2 nitrogen and oxygen atoms in total. The Labute approximate surface area is 67.3 Å².